The van der Waals surface area contributed by atoms with Gasteiger partial charge in [-0.05, 0) is 49.9 Å². The topological polar surface area (TPSA) is 53.8 Å². The second-order valence-corrected chi connectivity index (χ2v) is 7.65. The number of amides is 2. The van der Waals surface area contributed by atoms with Crippen LogP contribution in [-0.4, -0.2) is 41.2 Å². The van der Waals surface area contributed by atoms with E-state index in [1.807, 2.05) is 11.8 Å². The Labute approximate surface area is 157 Å². The quantitative estimate of drug-likeness (QED) is 0.832. The van der Waals surface area contributed by atoms with Crippen molar-refractivity contribution >= 4 is 11.8 Å². The van der Waals surface area contributed by atoms with Crippen LogP contribution in [0.3, 0.4) is 0 Å². The largest absolute Gasteiger partial charge is 0.459 e. The van der Waals surface area contributed by atoms with Crippen LogP contribution in [-0.2, 0) is 11.3 Å². The number of likely N-dealkylation sites (tertiary alicyclic amines) is 2. The first kappa shape index (κ1) is 17.8. The van der Waals surface area contributed by atoms with Gasteiger partial charge in [0.2, 0.25) is 5.91 Å². The second-order valence-electron chi connectivity index (χ2n) is 7.65. The Balaban J connectivity index is 1.48. The molecule has 1 aromatic carbocycles. The summed E-state index contributed by atoms with van der Waals surface area (Å²) in [4.78, 5) is 29.6. The number of benzene rings is 1. The first-order chi connectivity index (χ1) is 13.0. The maximum atomic E-state index is 13.2. The molecule has 0 N–H and O–H groups in total. The lowest BCUT2D eigenvalue weighted by Crippen LogP contribution is -2.50. The SMILES string of the molecule is Cc1ccoc1C(=O)N1CC[C@@]2(CCCN(Cc3ccc(F)cc3)C2=O)C1. The maximum Gasteiger partial charge on any atom is 0.289 e. The highest BCUT2D eigenvalue weighted by Crippen LogP contribution is 2.41. The van der Waals surface area contributed by atoms with E-state index in [4.69, 9.17) is 4.42 Å². The first-order valence-corrected chi connectivity index (χ1v) is 9.36. The lowest BCUT2D eigenvalue weighted by molar-refractivity contribution is -0.146. The van der Waals surface area contributed by atoms with Gasteiger partial charge >= 0.3 is 0 Å². The Kier molecular flexibility index (Phi) is 4.50. The van der Waals surface area contributed by atoms with Crippen molar-refractivity contribution in [2.45, 2.75) is 32.7 Å². The van der Waals surface area contributed by atoms with Crippen LogP contribution in [0.4, 0.5) is 4.39 Å². The van der Waals surface area contributed by atoms with E-state index in [1.165, 1.54) is 18.4 Å². The van der Waals surface area contributed by atoms with Crippen molar-refractivity contribution in [3.8, 4) is 0 Å². The maximum absolute atomic E-state index is 13.2. The molecule has 4 rings (SSSR count). The monoisotopic (exact) mass is 370 g/mol. The molecule has 1 aromatic heterocycles. The zero-order valence-electron chi connectivity index (χ0n) is 15.4. The molecule has 142 valence electrons. The summed E-state index contributed by atoms with van der Waals surface area (Å²) in [6, 6.07) is 8.04. The van der Waals surface area contributed by atoms with Gasteiger partial charge in [-0.3, -0.25) is 9.59 Å². The number of piperidine rings is 1. The van der Waals surface area contributed by atoms with Crippen molar-refractivity contribution in [1.82, 2.24) is 9.80 Å². The second kappa shape index (κ2) is 6.83. The number of carbonyl (C=O) groups excluding carboxylic acids is 2. The minimum atomic E-state index is -0.506. The number of nitrogens with zero attached hydrogens (tertiary/aromatic N) is 2. The molecule has 27 heavy (non-hydrogen) atoms. The molecule has 0 bridgehead atoms. The summed E-state index contributed by atoms with van der Waals surface area (Å²) in [6.45, 7) is 4.02. The minimum absolute atomic E-state index is 0.101. The van der Waals surface area contributed by atoms with E-state index in [2.05, 4.69) is 0 Å². The van der Waals surface area contributed by atoms with Crippen molar-refractivity contribution in [2.75, 3.05) is 19.6 Å². The number of furan rings is 1. The summed E-state index contributed by atoms with van der Waals surface area (Å²) < 4.78 is 18.5. The van der Waals surface area contributed by atoms with Gasteiger partial charge < -0.3 is 14.2 Å². The predicted molar refractivity (Wildman–Crippen MR) is 97.4 cm³/mol. The Morgan fingerprint density at radius 3 is 2.67 bits per heavy atom. The van der Waals surface area contributed by atoms with E-state index in [-0.39, 0.29) is 17.6 Å². The molecule has 2 fully saturated rings. The molecule has 2 aliphatic rings. The van der Waals surface area contributed by atoms with Gasteiger partial charge in [-0.2, -0.15) is 0 Å². The van der Waals surface area contributed by atoms with Crippen molar-refractivity contribution in [3.05, 3.63) is 59.3 Å². The summed E-state index contributed by atoms with van der Waals surface area (Å²) >= 11 is 0. The van der Waals surface area contributed by atoms with Gasteiger partial charge in [-0.15, -0.1) is 0 Å². The highest BCUT2D eigenvalue weighted by atomic mass is 19.1. The van der Waals surface area contributed by atoms with Gasteiger partial charge in [0.05, 0.1) is 11.7 Å². The number of rotatable bonds is 3. The third kappa shape index (κ3) is 3.24. The van der Waals surface area contributed by atoms with E-state index in [0.717, 1.165) is 24.0 Å². The highest BCUT2D eigenvalue weighted by molar-refractivity contribution is 5.94. The Hall–Kier alpha value is -2.63. The van der Waals surface area contributed by atoms with Gasteiger partial charge in [-0.1, -0.05) is 12.1 Å². The fraction of sp³-hybridized carbons (Fsp3) is 0.429. The van der Waals surface area contributed by atoms with Crippen molar-refractivity contribution in [2.24, 2.45) is 5.41 Å². The van der Waals surface area contributed by atoms with Gasteiger partial charge in [-0.25, -0.2) is 4.39 Å². The molecular formula is C21H23FN2O3. The average Bonchev–Trinajstić information content (AvgIpc) is 3.28. The van der Waals surface area contributed by atoms with Gasteiger partial charge in [0.15, 0.2) is 5.76 Å². The molecule has 5 nitrogen and oxygen atoms in total. The van der Waals surface area contributed by atoms with Crippen LogP contribution in [0.2, 0.25) is 0 Å². The standard InChI is InChI=1S/C21H23FN2O3/c1-15-7-12-27-18(15)19(25)24-11-9-21(14-24)8-2-10-23(20(21)26)13-16-3-5-17(22)6-4-16/h3-7,12H,2,8-11,13-14H2,1H3/t21-/m0/s1. The zero-order valence-corrected chi connectivity index (χ0v) is 15.4. The van der Waals surface area contributed by atoms with Crippen LogP contribution in [0.5, 0.6) is 0 Å². The number of hydrogen-bond donors (Lipinski definition) is 0. The summed E-state index contributed by atoms with van der Waals surface area (Å²) in [5.41, 5.74) is 1.22. The van der Waals surface area contributed by atoms with Gasteiger partial charge in [0.25, 0.3) is 5.91 Å². The van der Waals surface area contributed by atoms with E-state index < -0.39 is 5.41 Å². The highest BCUT2D eigenvalue weighted by Gasteiger charge is 2.49. The molecule has 1 spiro atoms. The lowest BCUT2D eigenvalue weighted by Gasteiger charge is -2.39. The van der Waals surface area contributed by atoms with Crippen LogP contribution in [0.25, 0.3) is 0 Å². The lowest BCUT2D eigenvalue weighted by atomic mass is 9.78. The molecule has 2 aromatic rings. The Morgan fingerprint density at radius 2 is 1.96 bits per heavy atom. The third-order valence-corrected chi connectivity index (χ3v) is 5.81. The van der Waals surface area contributed by atoms with Crippen LogP contribution in [0.1, 0.15) is 40.9 Å². The number of carbonyl (C=O) groups is 2. The van der Waals surface area contributed by atoms with Crippen LogP contribution < -0.4 is 0 Å². The average molecular weight is 370 g/mol. The zero-order chi connectivity index (χ0) is 19.0. The van der Waals surface area contributed by atoms with Gasteiger partial charge in [0, 0.05) is 31.7 Å². The summed E-state index contributed by atoms with van der Waals surface area (Å²) in [5.74, 6) is 0.0409. The van der Waals surface area contributed by atoms with E-state index in [1.54, 1.807) is 23.1 Å². The fourth-order valence-electron chi connectivity index (χ4n) is 4.27. The Bertz CT molecular complexity index is 861. The predicted octanol–water partition coefficient (Wildman–Crippen LogP) is 3.38. The van der Waals surface area contributed by atoms with E-state index >= 15 is 0 Å². The molecule has 0 radical (unpaired) electrons. The molecular weight excluding hydrogens is 347 g/mol. The molecule has 2 aliphatic heterocycles. The van der Waals surface area contributed by atoms with Gasteiger partial charge in [0.1, 0.15) is 5.82 Å². The van der Waals surface area contributed by atoms with Crippen molar-refractivity contribution < 1.29 is 18.4 Å². The van der Waals surface area contributed by atoms with Crippen LogP contribution >= 0.6 is 0 Å². The molecule has 2 amide bonds. The molecule has 0 aliphatic carbocycles. The third-order valence-electron chi connectivity index (χ3n) is 5.81. The molecule has 3 heterocycles. The fourth-order valence-corrected chi connectivity index (χ4v) is 4.27. The number of halogens is 1. The number of hydrogen-bond acceptors (Lipinski definition) is 3. The van der Waals surface area contributed by atoms with Crippen molar-refractivity contribution in [1.29, 1.82) is 0 Å². The molecule has 1 atom stereocenters. The summed E-state index contributed by atoms with van der Waals surface area (Å²) in [6.07, 6.45) is 3.91. The number of aryl methyl sites for hydroxylation is 1. The van der Waals surface area contributed by atoms with Crippen LogP contribution in [0, 0.1) is 18.2 Å². The smallest absolute Gasteiger partial charge is 0.289 e. The van der Waals surface area contributed by atoms with Crippen LogP contribution in [0.15, 0.2) is 41.0 Å². The van der Waals surface area contributed by atoms with E-state index in [0.29, 0.717) is 38.4 Å². The molecule has 0 saturated carbocycles. The summed E-state index contributed by atoms with van der Waals surface area (Å²) in [5, 5.41) is 0. The Morgan fingerprint density at radius 1 is 1.19 bits per heavy atom. The molecule has 2 saturated heterocycles. The summed E-state index contributed by atoms with van der Waals surface area (Å²) in [7, 11) is 0. The molecule has 6 heteroatoms. The molecule has 0 unspecified atom stereocenters. The minimum Gasteiger partial charge on any atom is -0.459 e. The first-order valence-electron chi connectivity index (χ1n) is 9.36. The van der Waals surface area contributed by atoms with Crippen molar-refractivity contribution in [3.63, 3.8) is 0 Å². The normalized spacial score (nSPS) is 22.7. The van der Waals surface area contributed by atoms with E-state index in [9.17, 15) is 14.0 Å².